The van der Waals surface area contributed by atoms with Crippen LogP contribution in [-0.2, 0) is 6.54 Å². The van der Waals surface area contributed by atoms with Crippen LogP contribution in [0.25, 0.3) is 0 Å². The Morgan fingerprint density at radius 2 is 2.04 bits per heavy atom. The van der Waals surface area contributed by atoms with Gasteiger partial charge in [-0.2, -0.15) is 0 Å². The molecule has 5 nitrogen and oxygen atoms in total. The molecule has 0 saturated carbocycles. The zero-order valence-electron chi connectivity index (χ0n) is 14.2. The Kier molecular flexibility index (Phi) is 4.94. The second kappa shape index (κ2) is 7.13. The molecule has 0 aliphatic carbocycles. The van der Waals surface area contributed by atoms with Gasteiger partial charge in [-0.3, -0.25) is 0 Å². The summed E-state index contributed by atoms with van der Waals surface area (Å²) in [5.74, 6) is 1.50. The standard InChI is InChI=1S/C18H22N2O3S/c1-12-6-9-24-17(12)11-20(3)18(21)19-13(2)14-4-5-15-16(10-14)23-8-7-22-15/h4-6,9-10,13H,7-8,11H2,1-3H3,(H,19,21). The van der Waals surface area contributed by atoms with Gasteiger partial charge in [-0.25, -0.2) is 4.79 Å². The van der Waals surface area contributed by atoms with Crippen LogP contribution >= 0.6 is 11.3 Å². The molecule has 0 bridgehead atoms. The Bertz CT molecular complexity index is 729. The van der Waals surface area contributed by atoms with E-state index in [0.29, 0.717) is 19.8 Å². The van der Waals surface area contributed by atoms with Crippen molar-refractivity contribution >= 4 is 17.4 Å². The Morgan fingerprint density at radius 3 is 2.75 bits per heavy atom. The van der Waals surface area contributed by atoms with Gasteiger partial charge in [0.2, 0.25) is 0 Å². The third kappa shape index (κ3) is 3.64. The molecule has 24 heavy (non-hydrogen) atoms. The van der Waals surface area contributed by atoms with Crippen molar-refractivity contribution < 1.29 is 14.3 Å². The van der Waals surface area contributed by atoms with Gasteiger partial charge in [0.05, 0.1) is 12.6 Å². The maximum Gasteiger partial charge on any atom is 0.317 e. The van der Waals surface area contributed by atoms with Gasteiger partial charge in [0.1, 0.15) is 13.2 Å². The van der Waals surface area contributed by atoms with Crippen molar-refractivity contribution in [2.24, 2.45) is 0 Å². The molecule has 1 aromatic carbocycles. The third-order valence-corrected chi connectivity index (χ3v) is 5.11. The molecule has 0 radical (unpaired) electrons. The van der Waals surface area contributed by atoms with Gasteiger partial charge in [0, 0.05) is 11.9 Å². The fourth-order valence-electron chi connectivity index (χ4n) is 2.56. The molecule has 2 heterocycles. The van der Waals surface area contributed by atoms with Gasteiger partial charge < -0.3 is 19.7 Å². The van der Waals surface area contributed by atoms with Crippen LogP contribution in [0, 0.1) is 6.92 Å². The summed E-state index contributed by atoms with van der Waals surface area (Å²) in [6.07, 6.45) is 0. The monoisotopic (exact) mass is 346 g/mol. The first-order valence-electron chi connectivity index (χ1n) is 7.98. The smallest absolute Gasteiger partial charge is 0.317 e. The van der Waals surface area contributed by atoms with Gasteiger partial charge in [-0.05, 0) is 48.6 Å². The van der Waals surface area contributed by atoms with Crippen molar-refractivity contribution in [1.82, 2.24) is 10.2 Å². The topological polar surface area (TPSA) is 50.8 Å². The molecule has 1 aromatic heterocycles. The SMILES string of the molecule is Cc1ccsc1CN(C)C(=O)NC(C)c1ccc2c(c1)OCCO2. The van der Waals surface area contributed by atoms with Gasteiger partial charge >= 0.3 is 6.03 Å². The highest BCUT2D eigenvalue weighted by atomic mass is 32.1. The van der Waals surface area contributed by atoms with E-state index in [1.54, 1.807) is 16.2 Å². The van der Waals surface area contributed by atoms with Crippen LogP contribution in [0.5, 0.6) is 11.5 Å². The highest BCUT2D eigenvalue weighted by molar-refractivity contribution is 7.10. The summed E-state index contributed by atoms with van der Waals surface area (Å²) in [5, 5.41) is 5.08. The normalized spacial score (nSPS) is 14.1. The number of fused-ring (bicyclic) bond motifs is 1. The lowest BCUT2D eigenvalue weighted by atomic mass is 10.1. The van der Waals surface area contributed by atoms with E-state index < -0.39 is 0 Å². The molecule has 3 rings (SSSR count). The molecule has 0 saturated heterocycles. The van der Waals surface area contributed by atoms with Gasteiger partial charge in [-0.1, -0.05) is 6.07 Å². The number of aryl methyl sites for hydroxylation is 1. The quantitative estimate of drug-likeness (QED) is 0.918. The van der Waals surface area contributed by atoms with Crippen LogP contribution in [0.1, 0.15) is 29.0 Å². The first-order chi connectivity index (χ1) is 11.5. The second-order valence-electron chi connectivity index (χ2n) is 5.96. The highest BCUT2D eigenvalue weighted by Gasteiger charge is 2.18. The molecule has 0 spiro atoms. The largest absolute Gasteiger partial charge is 0.486 e. The van der Waals surface area contributed by atoms with Crippen LogP contribution in [0.2, 0.25) is 0 Å². The minimum Gasteiger partial charge on any atom is -0.486 e. The second-order valence-corrected chi connectivity index (χ2v) is 6.96. The van der Waals surface area contributed by atoms with Crippen molar-refractivity contribution in [3.05, 3.63) is 45.6 Å². The van der Waals surface area contributed by atoms with E-state index in [0.717, 1.165) is 17.1 Å². The van der Waals surface area contributed by atoms with Crippen molar-refractivity contribution in [1.29, 1.82) is 0 Å². The number of amides is 2. The fourth-order valence-corrected chi connectivity index (χ4v) is 3.52. The van der Waals surface area contributed by atoms with Crippen molar-refractivity contribution in [3.8, 4) is 11.5 Å². The lowest BCUT2D eigenvalue weighted by Gasteiger charge is -2.23. The summed E-state index contributed by atoms with van der Waals surface area (Å²) in [4.78, 5) is 15.3. The predicted molar refractivity (Wildman–Crippen MR) is 94.9 cm³/mol. The van der Waals surface area contributed by atoms with E-state index in [2.05, 4.69) is 18.3 Å². The van der Waals surface area contributed by atoms with Crippen LogP contribution < -0.4 is 14.8 Å². The summed E-state index contributed by atoms with van der Waals surface area (Å²) in [7, 11) is 1.81. The van der Waals surface area contributed by atoms with Crippen molar-refractivity contribution in [2.75, 3.05) is 20.3 Å². The Hall–Kier alpha value is -2.21. The Balaban J connectivity index is 1.62. The number of ether oxygens (including phenoxy) is 2. The number of hydrogen-bond acceptors (Lipinski definition) is 4. The molecule has 1 aliphatic rings. The lowest BCUT2D eigenvalue weighted by Crippen LogP contribution is -2.38. The summed E-state index contributed by atoms with van der Waals surface area (Å²) >= 11 is 1.67. The number of thiophene rings is 1. The molecule has 2 amide bonds. The zero-order valence-corrected chi connectivity index (χ0v) is 15.0. The Labute approximate surface area is 146 Å². The van der Waals surface area contributed by atoms with Crippen LogP contribution in [-0.4, -0.2) is 31.2 Å². The summed E-state index contributed by atoms with van der Waals surface area (Å²) in [6.45, 7) is 5.78. The number of rotatable bonds is 4. The van der Waals surface area contributed by atoms with Gasteiger partial charge in [0.15, 0.2) is 11.5 Å². The Morgan fingerprint density at radius 1 is 1.29 bits per heavy atom. The maximum atomic E-state index is 12.4. The molecular formula is C18H22N2O3S. The van der Waals surface area contributed by atoms with Crippen LogP contribution in [0.3, 0.4) is 0 Å². The average Bonchev–Trinajstić information content (AvgIpc) is 2.99. The first-order valence-corrected chi connectivity index (χ1v) is 8.86. The maximum absolute atomic E-state index is 12.4. The number of nitrogens with one attached hydrogen (secondary N) is 1. The molecule has 0 fully saturated rings. The number of nitrogens with zero attached hydrogens (tertiary/aromatic N) is 1. The van der Waals surface area contributed by atoms with E-state index in [4.69, 9.17) is 9.47 Å². The summed E-state index contributed by atoms with van der Waals surface area (Å²) in [6, 6.07) is 7.66. The third-order valence-electron chi connectivity index (χ3n) is 4.10. The van der Waals surface area contributed by atoms with E-state index >= 15 is 0 Å². The van der Waals surface area contributed by atoms with Crippen molar-refractivity contribution in [3.63, 3.8) is 0 Å². The first kappa shape index (κ1) is 16.6. The van der Waals surface area contributed by atoms with Gasteiger partial charge in [-0.15, -0.1) is 11.3 Å². The zero-order chi connectivity index (χ0) is 17.1. The molecule has 1 unspecified atom stereocenters. The van der Waals surface area contributed by atoms with E-state index in [1.165, 1.54) is 10.4 Å². The highest BCUT2D eigenvalue weighted by Crippen LogP contribution is 2.32. The summed E-state index contributed by atoms with van der Waals surface area (Å²) < 4.78 is 11.1. The average molecular weight is 346 g/mol. The van der Waals surface area contributed by atoms with Crippen LogP contribution in [0.4, 0.5) is 4.79 Å². The molecule has 1 atom stereocenters. The van der Waals surface area contributed by atoms with E-state index in [9.17, 15) is 4.79 Å². The molecule has 1 N–H and O–H groups in total. The number of urea groups is 1. The number of hydrogen-bond donors (Lipinski definition) is 1. The van der Waals surface area contributed by atoms with E-state index in [-0.39, 0.29) is 12.1 Å². The fraction of sp³-hybridized carbons (Fsp3) is 0.389. The molecule has 1 aliphatic heterocycles. The minimum atomic E-state index is -0.111. The number of carbonyl (C=O) groups excluding carboxylic acids is 1. The molecule has 6 heteroatoms. The van der Waals surface area contributed by atoms with Gasteiger partial charge in [0.25, 0.3) is 0 Å². The molecule has 2 aromatic rings. The molecule has 128 valence electrons. The lowest BCUT2D eigenvalue weighted by molar-refractivity contribution is 0.171. The number of carbonyl (C=O) groups is 1. The van der Waals surface area contributed by atoms with E-state index in [1.807, 2.05) is 37.6 Å². The predicted octanol–water partition coefficient (Wildman–Crippen LogP) is 3.73. The molecular weight excluding hydrogens is 324 g/mol. The van der Waals surface area contributed by atoms with Crippen LogP contribution in [0.15, 0.2) is 29.6 Å². The summed E-state index contributed by atoms with van der Waals surface area (Å²) in [5.41, 5.74) is 2.22. The van der Waals surface area contributed by atoms with Crippen molar-refractivity contribution in [2.45, 2.75) is 26.4 Å². The minimum absolute atomic E-state index is 0.0924. The number of benzene rings is 1.